The van der Waals surface area contributed by atoms with E-state index in [4.69, 9.17) is 11.6 Å². The Morgan fingerprint density at radius 1 is 1.11 bits per heavy atom. The Bertz CT molecular complexity index is 886. The summed E-state index contributed by atoms with van der Waals surface area (Å²) < 4.78 is 38.7. The van der Waals surface area contributed by atoms with Crippen LogP contribution in [0.25, 0.3) is 0 Å². The number of alkyl halides is 3. The molecule has 0 bridgehead atoms. The molecule has 2 aromatic carbocycles. The highest BCUT2D eigenvalue weighted by molar-refractivity contribution is 6.30. The van der Waals surface area contributed by atoms with Gasteiger partial charge in [-0.25, -0.2) is 0 Å². The monoisotopic (exact) mass is 410 g/mol. The molecule has 1 aliphatic rings. The van der Waals surface area contributed by atoms with Crippen molar-refractivity contribution in [3.8, 4) is 0 Å². The first kappa shape index (κ1) is 20.2. The smallest absolute Gasteiger partial charge is 0.338 e. The van der Waals surface area contributed by atoms with Crippen molar-refractivity contribution >= 4 is 29.1 Å². The minimum Gasteiger partial charge on any atom is -0.338 e. The van der Waals surface area contributed by atoms with Gasteiger partial charge in [-0.3, -0.25) is 9.59 Å². The summed E-state index contributed by atoms with van der Waals surface area (Å²) in [5.41, 5.74) is -0.352. The molecule has 148 valence electrons. The van der Waals surface area contributed by atoms with Gasteiger partial charge in [0.15, 0.2) is 0 Å². The minimum atomic E-state index is -4.52. The van der Waals surface area contributed by atoms with E-state index in [1.54, 1.807) is 24.3 Å². The van der Waals surface area contributed by atoms with Crippen molar-refractivity contribution in [2.45, 2.75) is 19.0 Å². The molecule has 2 amide bonds. The van der Waals surface area contributed by atoms with Crippen LogP contribution < -0.4 is 5.32 Å². The molecule has 2 aromatic rings. The number of nitrogens with one attached hydrogen (secondary N) is 1. The Kier molecular flexibility index (Phi) is 5.93. The fraction of sp³-hybridized carbons (Fsp3) is 0.300. The molecule has 0 unspecified atom stereocenters. The SMILES string of the molecule is O=C(Nc1cccc(Cl)c1)[C@H]1CCCN(C(=O)c2cccc(C(F)(F)F)c2)C1. The number of likely N-dealkylation sites (tertiary alicyclic amines) is 1. The molecule has 1 atom stereocenters. The third kappa shape index (κ3) is 4.84. The zero-order chi connectivity index (χ0) is 20.3. The van der Waals surface area contributed by atoms with Crippen molar-refractivity contribution < 1.29 is 22.8 Å². The highest BCUT2D eigenvalue weighted by Gasteiger charge is 2.33. The van der Waals surface area contributed by atoms with E-state index in [1.807, 2.05) is 0 Å². The van der Waals surface area contributed by atoms with Crippen molar-refractivity contribution in [2.75, 3.05) is 18.4 Å². The lowest BCUT2D eigenvalue weighted by Crippen LogP contribution is -2.43. The van der Waals surface area contributed by atoms with Crippen molar-refractivity contribution in [1.82, 2.24) is 4.90 Å². The van der Waals surface area contributed by atoms with Crippen LogP contribution in [-0.4, -0.2) is 29.8 Å². The summed E-state index contributed by atoms with van der Waals surface area (Å²) in [5, 5.41) is 3.26. The normalized spacial score (nSPS) is 17.3. The third-order valence-corrected chi connectivity index (χ3v) is 4.84. The van der Waals surface area contributed by atoms with Gasteiger partial charge in [-0.2, -0.15) is 13.2 Å². The van der Waals surface area contributed by atoms with Crippen molar-refractivity contribution in [2.24, 2.45) is 5.92 Å². The highest BCUT2D eigenvalue weighted by Crippen LogP contribution is 2.30. The fourth-order valence-electron chi connectivity index (χ4n) is 3.20. The molecule has 28 heavy (non-hydrogen) atoms. The number of hydrogen-bond acceptors (Lipinski definition) is 2. The molecule has 0 saturated carbocycles. The number of benzene rings is 2. The quantitative estimate of drug-likeness (QED) is 0.786. The average Bonchev–Trinajstić information content (AvgIpc) is 2.67. The van der Waals surface area contributed by atoms with Gasteiger partial charge in [0.05, 0.1) is 11.5 Å². The number of anilines is 1. The Labute approximate surface area is 165 Å². The summed E-state index contributed by atoms with van der Waals surface area (Å²) in [6, 6.07) is 11.1. The van der Waals surface area contributed by atoms with E-state index in [0.29, 0.717) is 30.1 Å². The topological polar surface area (TPSA) is 49.4 Å². The van der Waals surface area contributed by atoms with Crippen LogP contribution in [0.4, 0.5) is 18.9 Å². The van der Waals surface area contributed by atoms with E-state index < -0.39 is 23.6 Å². The fourth-order valence-corrected chi connectivity index (χ4v) is 3.39. The van der Waals surface area contributed by atoms with E-state index in [0.717, 1.165) is 12.1 Å². The minimum absolute atomic E-state index is 0.0364. The lowest BCUT2D eigenvalue weighted by Gasteiger charge is -2.32. The van der Waals surface area contributed by atoms with Crippen LogP contribution in [0.3, 0.4) is 0 Å². The summed E-state index contributed by atoms with van der Waals surface area (Å²) in [6.45, 7) is 0.553. The largest absolute Gasteiger partial charge is 0.416 e. The Morgan fingerprint density at radius 2 is 1.86 bits per heavy atom. The molecule has 3 rings (SSSR count). The molecule has 1 heterocycles. The Morgan fingerprint density at radius 3 is 2.57 bits per heavy atom. The second-order valence-electron chi connectivity index (χ2n) is 6.67. The van der Waals surface area contributed by atoms with E-state index in [1.165, 1.54) is 17.0 Å². The number of halogens is 4. The summed E-state index contributed by atoms with van der Waals surface area (Å²) in [4.78, 5) is 26.6. The van der Waals surface area contributed by atoms with Gasteiger partial charge >= 0.3 is 6.18 Å². The predicted octanol–water partition coefficient (Wildman–Crippen LogP) is 4.85. The van der Waals surface area contributed by atoms with E-state index in [2.05, 4.69) is 5.32 Å². The zero-order valence-corrected chi connectivity index (χ0v) is 15.6. The molecular weight excluding hydrogens is 393 g/mol. The van der Waals surface area contributed by atoms with Gasteiger partial charge in [0.2, 0.25) is 5.91 Å². The van der Waals surface area contributed by atoms with Gasteiger partial charge in [0.25, 0.3) is 5.91 Å². The van der Waals surface area contributed by atoms with Gasteiger partial charge in [-0.05, 0) is 49.2 Å². The Hall–Kier alpha value is -2.54. The summed E-state index contributed by atoms with van der Waals surface area (Å²) in [7, 11) is 0. The first-order valence-corrected chi connectivity index (χ1v) is 9.15. The number of amides is 2. The van der Waals surface area contributed by atoms with Crippen LogP contribution in [0.1, 0.15) is 28.8 Å². The standard InChI is InChI=1S/C20H18ClF3N2O2/c21-16-7-2-8-17(11-16)25-18(27)14-5-3-9-26(12-14)19(28)13-4-1-6-15(10-13)20(22,23)24/h1-2,4,6-8,10-11,14H,3,5,9,12H2,(H,25,27)/t14-/m0/s1. The number of hydrogen-bond donors (Lipinski definition) is 1. The maximum atomic E-state index is 12.9. The van der Waals surface area contributed by atoms with Crippen LogP contribution in [0.15, 0.2) is 48.5 Å². The predicted molar refractivity (Wildman–Crippen MR) is 100 cm³/mol. The zero-order valence-electron chi connectivity index (χ0n) is 14.8. The van der Waals surface area contributed by atoms with Crippen molar-refractivity contribution in [3.05, 3.63) is 64.7 Å². The maximum Gasteiger partial charge on any atom is 0.416 e. The van der Waals surface area contributed by atoms with Crippen LogP contribution in [-0.2, 0) is 11.0 Å². The Balaban J connectivity index is 1.69. The molecule has 0 aromatic heterocycles. The van der Waals surface area contributed by atoms with Gasteiger partial charge < -0.3 is 10.2 Å². The molecule has 1 saturated heterocycles. The first-order chi connectivity index (χ1) is 13.2. The van der Waals surface area contributed by atoms with Crippen LogP contribution in [0, 0.1) is 5.92 Å². The molecule has 8 heteroatoms. The number of piperidine rings is 1. The maximum absolute atomic E-state index is 12.9. The average molecular weight is 411 g/mol. The number of carbonyl (C=O) groups is 2. The van der Waals surface area contributed by atoms with E-state index in [9.17, 15) is 22.8 Å². The van der Waals surface area contributed by atoms with Crippen LogP contribution in [0.2, 0.25) is 5.02 Å². The number of nitrogens with zero attached hydrogens (tertiary/aromatic N) is 1. The molecule has 0 spiro atoms. The highest BCUT2D eigenvalue weighted by atomic mass is 35.5. The van der Waals surface area contributed by atoms with Crippen molar-refractivity contribution in [3.63, 3.8) is 0 Å². The molecule has 1 fully saturated rings. The lowest BCUT2D eigenvalue weighted by atomic mass is 9.96. The van der Waals surface area contributed by atoms with Gasteiger partial charge in [0, 0.05) is 29.4 Å². The summed E-state index contributed by atoms with van der Waals surface area (Å²) in [6.07, 6.45) is -3.32. The second kappa shape index (κ2) is 8.22. The number of rotatable bonds is 3. The molecule has 4 nitrogen and oxygen atoms in total. The van der Waals surface area contributed by atoms with E-state index >= 15 is 0 Å². The summed E-state index contributed by atoms with van der Waals surface area (Å²) >= 11 is 5.91. The second-order valence-corrected chi connectivity index (χ2v) is 7.10. The van der Waals surface area contributed by atoms with Gasteiger partial charge in [0.1, 0.15) is 0 Å². The first-order valence-electron chi connectivity index (χ1n) is 8.77. The molecule has 0 radical (unpaired) electrons. The summed E-state index contributed by atoms with van der Waals surface area (Å²) in [5.74, 6) is -1.20. The van der Waals surface area contributed by atoms with Gasteiger partial charge in [-0.1, -0.05) is 23.7 Å². The molecule has 0 aliphatic carbocycles. The third-order valence-electron chi connectivity index (χ3n) is 4.61. The van der Waals surface area contributed by atoms with Crippen LogP contribution >= 0.6 is 11.6 Å². The van der Waals surface area contributed by atoms with E-state index in [-0.39, 0.29) is 18.0 Å². The molecule has 1 aliphatic heterocycles. The van der Waals surface area contributed by atoms with Gasteiger partial charge in [-0.15, -0.1) is 0 Å². The van der Waals surface area contributed by atoms with Crippen LogP contribution in [0.5, 0.6) is 0 Å². The van der Waals surface area contributed by atoms with Crippen molar-refractivity contribution in [1.29, 1.82) is 0 Å². The molecule has 1 N–H and O–H groups in total. The molecular formula is C20H18ClF3N2O2. The number of carbonyl (C=O) groups excluding carboxylic acids is 2. The lowest BCUT2D eigenvalue weighted by molar-refractivity contribution is -0.137.